The Morgan fingerprint density at radius 2 is 2.11 bits per heavy atom. The van der Waals surface area contributed by atoms with Crippen LogP contribution in [0, 0.1) is 10.1 Å². The lowest BCUT2D eigenvalue weighted by molar-refractivity contribution is -0.385. The number of hydrazone groups is 1. The number of rotatable bonds is 4. The minimum Gasteiger partial charge on any atom is -0.446 e. The van der Waals surface area contributed by atoms with E-state index in [0.717, 1.165) is 18.0 Å². The van der Waals surface area contributed by atoms with Gasteiger partial charge in [0.05, 0.1) is 10.5 Å². The van der Waals surface area contributed by atoms with Gasteiger partial charge >= 0.3 is 11.7 Å². The smallest absolute Gasteiger partial charge is 0.314 e. The van der Waals surface area contributed by atoms with Gasteiger partial charge < -0.3 is 9.47 Å². The van der Waals surface area contributed by atoms with Crippen LogP contribution in [0.5, 0.6) is 5.75 Å². The average molecular weight is 405 g/mol. The highest BCUT2D eigenvalue weighted by atomic mass is 35.5. The van der Waals surface area contributed by atoms with E-state index in [0.29, 0.717) is 5.56 Å². The number of pyridine rings is 1. The molecule has 1 aliphatic rings. The molecule has 0 aliphatic carbocycles. The van der Waals surface area contributed by atoms with Crippen molar-refractivity contribution in [2.24, 2.45) is 5.10 Å². The molecule has 1 aromatic carbocycles. The molecule has 0 saturated heterocycles. The van der Waals surface area contributed by atoms with E-state index >= 15 is 0 Å². The van der Waals surface area contributed by atoms with Gasteiger partial charge in [-0.2, -0.15) is 5.01 Å². The van der Waals surface area contributed by atoms with Gasteiger partial charge in [0, 0.05) is 42.9 Å². The lowest BCUT2D eigenvalue weighted by atomic mass is 10.1. The zero-order valence-corrected chi connectivity index (χ0v) is 15.4. The summed E-state index contributed by atoms with van der Waals surface area (Å²) in [6.45, 7) is 2.38. The number of hydrogen-bond acceptors (Lipinski definition) is 8. The van der Waals surface area contributed by atoms with Crippen molar-refractivity contribution in [3.63, 3.8) is 0 Å². The van der Waals surface area contributed by atoms with Gasteiger partial charge in [0.25, 0.3) is 0 Å². The molecule has 0 radical (unpaired) electrons. The molecule has 1 aliphatic heterocycles. The summed E-state index contributed by atoms with van der Waals surface area (Å²) in [5.74, 6) is -1.76. The van der Waals surface area contributed by atoms with Crippen LogP contribution in [-0.4, -0.2) is 32.7 Å². The minimum absolute atomic E-state index is 0.00287. The molecule has 0 spiro atoms. The molecule has 1 atom stereocenters. The summed E-state index contributed by atoms with van der Waals surface area (Å²) in [5, 5.41) is 16.5. The summed E-state index contributed by atoms with van der Waals surface area (Å²) < 4.78 is 10.8. The van der Waals surface area contributed by atoms with Crippen molar-refractivity contribution in [2.75, 3.05) is 0 Å². The van der Waals surface area contributed by atoms with Gasteiger partial charge in [0.1, 0.15) is 0 Å². The number of nitro groups is 1. The number of esters is 1. The molecule has 2 heterocycles. The first-order valence-corrected chi connectivity index (χ1v) is 8.27. The highest BCUT2D eigenvalue weighted by Gasteiger charge is 2.36. The first kappa shape index (κ1) is 19.2. The zero-order valence-electron chi connectivity index (χ0n) is 14.7. The van der Waals surface area contributed by atoms with Crippen molar-refractivity contribution in [1.29, 1.82) is 0 Å². The molecule has 1 aromatic heterocycles. The largest absolute Gasteiger partial charge is 0.446 e. The monoisotopic (exact) mass is 404 g/mol. The second-order valence-electron chi connectivity index (χ2n) is 5.68. The van der Waals surface area contributed by atoms with Gasteiger partial charge in [0.2, 0.25) is 23.8 Å². The SMILES string of the molecule is CC(=O)Oc1c(C2=NN(C(C)=O)[C@@H](c3cccnc3)O2)cc(Cl)cc1[N+](=O)[O-]. The van der Waals surface area contributed by atoms with Crippen molar-refractivity contribution >= 4 is 35.1 Å². The minimum atomic E-state index is -0.940. The Bertz CT molecular complexity index is 995. The van der Waals surface area contributed by atoms with Crippen molar-refractivity contribution in [3.05, 3.63) is 62.9 Å². The molecule has 28 heavy (non-hydrogen) atoms. The Labute approximate surface area is 163 Å². The Morgan fingerprint density at radius 3 is 2.68 bits per heavy atom. The number of nitrogens with zero attached hydrogens (tertiary/aromatic N) is 4. The third kappa shape index (κ3) is 3.76. The molecular weight excluding hydrogens is 392 g/mol. The van der Waals surface area contributed by atoms with Gasteiger partial charge in [-0.1, -0.05) is 17.7 Å². The number of hydrogen-bond donors (Lipinski definition) is 0. The number of halogens is 1. The third-order valence-corrected chi connectivity index (χ3v) is 3.86. The molecule has 3 rings (SSSR count). The van der Waals surface area contributed by atoms with Crippen LogP contribution in [0.25, 0.3) is 0 Å². The van der Waals surface area contributed by atoms with Crippen molar-refractivity contribution < 1.29 is 24.0 Å². The average Bonchev–Trinajstić information content (AvgIpc) is 3.08. The van der Waals surface area contributed by atoms with E-state index in [1.54, 1.807) is 18.3 Å². The van der Waals surface area contributed by atoms with E-state index in [9.17, 15) is 19.7 Å². The number of amides is 1. The second-order valence-corrected chi connectivity index (χ2v) is 6.11. The molecule has 2 aromatic rings. The Morgan fingerprint density at radius 1 is 1.36 bits per heavy atom. The van der Waals surface area contributed by atoms with E-state index in [1.165, 1.54) is 19.2 Å². The van der Waals surface area contributed by atoms with Gasteiger partial charge in [-0.25, -0.2) is 0 Å². The Kier molecular flexibility index (Phi) is 5.23. The van der Waals surface area contributed by atoms with E-state index in [2.05, 4.69) is 10.1 Å². The van der Waals surface area contributed by atoms with E-state index in [1.807, 2.05) is 0 Å². The number of aromatic nitrogens is 1. The van der Waals surface area contributed by atoms with Crippen LogP contribution < -0.4 is 4.74 Å². The molecule has 0 N–H and O–H groups in total. The van der Waals surface area contributed by atoms with Crippen LogP contribution in [0.15, 0.2) is 41.8 Å². The predicted molar refractivity (Wildman–Crippen MR) is 96.5 cm³/mol. The first-order chi connectivity index (χ1) is 13.3. The summed E-state index contributed by atoms with van der Waals surface area (Å²) in [4.78, 5) is 38.1. The molecule has 144 valence electrons. The summed E-state index contributed by atoms with van der Waals surface area (Å²) >= 11 is 5.99. The summed E-state index contributed by atoms with van der Waals surface area (Å²) in [5.41, 5.74) is -0.0442. The van der Waals surface area contributed by atoms with Crippen LogP contribution in [-0.2, 0) is 14.3 Å². The molecule has 10 nitrogen and oxygen atoms in total. The molecule has 1 amide bonds. The molecule has 0 saturated carbocycles. The Balaban J connectivity index is 2.12. The number of ether oxygens (including phenoxy) is 2. The number of benzene rings is 1. The van der Waals surface area contributed by atoms with E-state index in [4.69, 9.17) is 21.1 Å². The van der Waals surface area contributed by atoms with Gasteiger partial charge in [-0.3, -0.25) is 24.7 Å². The fraction of sp³-hybridized carbons (Fsp3) is 0.176. The van der Waals surface area contributed by atoms with E-state index in [-0.39, 0.29) is 22.2 Å². The summed E-state index contributed by atoms with van der Waals surface area (Å²) in [6, 6.07) is 5.68. The highest BCUT2D eigenvalue weighted by molar-refractivity contribution is 6.31. The maximum Gasteiger partial charge on any atom is 0.314 e. The lowest BCUT2D eigenvalue weighted by Gasteiger charge is -2.18. The zero-order chi connectivity index (χ0) is 20.4. The van der Waals surface area contributed by atoms with Gasteiger partial charge in [-0.15, -0.1) is 5.10 Å². The molecule has 11 heteroatoms. The second kappa shape index (κ2) is 7.61. The topological polar surface area (TPSA) is 124 Å². The highest BCUT2D eigenvalue weighted by Crippen LogP contribution is 2.38. The van der Waals surface area contributed by atoms with Crippen molar-refractivity contribution in [1.82, 2.24) is 9.99 Å². The number of nitro benzene ring substituents is 1. The van der Waals surface area contributed by atoms with Crippen LogP contribution in [0.3, 0.4) is 0 Å². The molecule has 0 bridgehead atoms. The fourth-order valence-electron chi connectivity index (χ4n) is 2.54. The summed E-state index contributed by atoms with van der Waals surface area (Å²) in [7, 11) is 0. The normalized spacial score (nSPS) is 15.6. The van der Waals surface area contributed by atoms with Crippen molar-refractivity contribution in [2.45, 2.75) is 20.1 Å². The Hall–Kier alpha value is -3.53. The number of carbonyl (C=O) groups is 2. The standard InChI is InChI=1S/C17H13ClN4O6/c1-9(23)21-17(11-4-3-5-19-8-11)28-16(20-21)13-6-12(18)7-14(22(25)26)15(13)27-10(2)24/h3-8,17H,1-2H3/t17-/m1/s1. The predicted octanol–water partition coefficient (Wildman–Crippen LogP) is 2.81. The third-order valence-electron chi connectivity index (χ3n) is 3.64. The maximum atomic E-state index is 12.0. The number of carbonyl (C=O) groups excluding carboxylic acids is 2. The van der Waals surface area contributed by atoms with Gasteiger partial charge in [-0.05, 0) is 12.1 Å². The quantitative estimate of drug-likeness (QED) is 0.332. The molecule has 0 unspecified atom stereocenters. The van der Waals surface area contributed by atoms with Crippen LogP contribution in [0.4, 0.5) is 5.69 Å². The van der Waals surface area contributed by atoms with E-state index < -0.39 is 28.7 Å². The summed E-state index contributed by atoms with van der Waals surface area (Å²) in [6.07, 6.45) is 2.11. The van der Waals surface area contributed by atoms with Crippen LogP contribution in [0.2, 0.25) is 5.02 Å². The van der Waals surface area contributed by atoms with Crippen LogP contribution >= 0.6 is 11.6 Å². The lowest BCUT2D eigenvalue weighted by Crippen LogP contribution is -2.25. The fourth-order valence-corrected chi connectivity index (χ4v) is 2.75. The molecule has 0 fully saturated rings. The van der Waals surface area contributed by atoms with Crippen molar-refractivity contribution in [3.8, 4) is 5.75 Å². The first-order valence-electron chi connectivity index (χ1n) is 7.89. The maximum absolute atomic E-state index is 12.0. The van der Waals surface area contributed by atoms with Crippen LogP contribution in [0.1, 0.15) is 31.2 Å². The van der Waals surface area contributed by atoms with Gasteiger partial charge in [0.15, 0.2) is 0 Å². The molecular formula is C17H13ClN4O6.